The van der Waals surface area contributed by atoms with Crippen LogP contribution >= 0.6 is 0 Å². The van der Waals surface area contributed by atoms with Crippen LogP contribution in [0.4, 0.5) is 10.1 Å². The van der Waals surface area contributed by atoms with Crippen molar-refractivity contribution in [1.82, 2.24) is 4.98 Å². The van der Waals surface area contributed by atoms with Gasteiger partial charge >= 0.3 is 11.8 Å². The summed E-state index contributed by atoms with van der Waals surface area (Å²) in [6.45, 7) is 13.8. The van der Waals surface area contributed by atoms with E-state index in [1.165, 1.54) is 34.1 Å². The Morgan fingerprint density at radius 2 is 1.77 bits per heavy atom. The third-order valence-electron chi connectivity index (χ3n) is 10.8. The number of aromatic hydroxyl groups is 2. The van der Waals surface area contributed by atoms with Crippen molar-refractivity contribution in [3.8, 4) is 28.7 Å². The van der Waals surface area contributed by atoms with Crippen LogP contribution in [-0.2, 0) is 23.8 Å². The Balaban J connectivity index is 1.59. The number of esters is 1. The minimum Gasteiger partial charge on any atom is -0.507 e. The molecule has 2 aromatic carbocycles. The van der Waals surface area contributed by atoms with Gasteiger partial charge in [0, 0.05) is 55.5 Å². The van der Waals surface area contributed by atoms with E-state index in [9.17, 15) is 33.8 Å². The third-order valence-corrected chi connectivity index (χ3v) is 10.8. The lowest BCUT2D eigenvalue weighted by atomic mass is 9.82. The molecule has 57 heavy (non-hydrogen) atoms. The Kier molecular flexibility index (Phi) is 11.2. The zero-order chi connectivity index (χ0) is 41.7. The molecule has 302 valence electrons. The smallest absolute Gasteiger partial charge is 0.312 e. The number of rotatable bonds is 2. The molecule has 3 aliphatic heterocycles. The maximum Gasteiger partial charge on any atom is 0.312 e. The van der Waals surface area contributed by atoms with Crippen molar-refractivity contribution in [2.75, 3.05) is 12.4 Å². The minimum absolute atomic E-state index is 0.0233. The fraction of sp³-hybridized carbons (Fsp3) is 0.419. The molecular weight excluding hydrogens is 739 g/mol. The summed E-state index contributed by atoms with van der Waals surface area (Å²) in [5.74, 6) is -6.49. The molecule has 4 aliphatic rings. The van der Waals surface area contributed by atoms with Crippen LogP contribution < -0.4 is 15.5 Å². The molecule has 0 spiro atoms. The van der Waals surface area contributed by atoms with Crippen LogP contribution in [0.1, 0.15) is 77.2 Å². The number of benzene rings is 3. The first-order valence-corrected chi connectivity index (χ1v) is 18.8. The first-order chi connectivity index (χ1) is 26.9. The number of Topliss-reactive ketones (excluding diaryl/α,β-unsaturated/α-hetero) is 1. The van der Waals surface area contributed by atoms with Crippen LogP contribution in [0, 0.1) is 36.4 Å². The molecule has 6 rings (SSSR count). The summed E-state index contributed by atoms with van der Waals surface area (Å²) < 4.78 is 44.4. The van der Waals surface area contributed by atoms with Crippen molar-refractivity contribution in [3.05, 3.63) is 75.4 Å². The number of anilines is 1. The van der Waals surface area contributed by atoms with Gasteiger partial charge in [-0.2, -0.15) is 0 Å². The Bertz CT molecular complexity index is 2420. The number of halogens is 1. The molecule has 3 heterocycles. The zero-order valence-electron chi connectivity index (χ0n) is 33.3. The van der Waals surface area contributed by atoms with Crippen LogP contribution in [0.5, 0.6) is 17.2 Å². The molecule has 1 aliphatic carbocycles. The van der Waals surface area contributed by atoms with E-state index >= 15 is 0 Å². The van der Waals surface area contributed by atoms with Gasteiger partial charge in [-0.05, 0) is 50.5 Å². The van der Waals surface area contributed by atoms with Crippen LogP contribution in [0.2, 0.25) is 0 Å². The second-order valence-corrected chi connectivity index (χ2v) is 15.5. The Labute approximate surface area is 328 Å². The standard InChI is InChI=1S/C43H47FN2O11/c1-19-11-10-12-21(3)42(52)46-35-37(50)31-30(34-40(35)56-29-18-26(44)17-27(48)33(29)45-34)32-39(24(6)36(31)49)57-43(8,41(32)51)54-14-13-28(53-9)23(5)38(55-25(7)47)22(4)16-20(2)15-19/h10-14,17-20,22-23,28,38,48-49H,15-16H2,1-9H3,(H,46,52)/b11-10+,14-13+,21-12-/t19-,20+,22+,23+,28-,38-,43-/m0/s1. The van der Waals surface area contributed by atoms with Gasteiger partial charge in [0.1, 0.15) is 46.1 Å². The van der Waals surface area contributed by atoms with E-state index < -0.39 is 64.1 Å². The highest BCUT2D eigenvalue weighted by Gasteiger charge is 2.50. The van der Waals surface area contributed by atoms with Gasteiger partial charge in [0.05, 0.1) is 23.3 Å². The number of allylic oxidation sites excluding steroid dienone is 3. The second-order valence-electron chi connectivity index (χ2n) is 15.5. The average Bonchev–Trinajstić information content (AvgIpc) is 3.40. The van der Waals surface area contributed by atoms with Crippen molar-refractivity contribution in [2.24, 2.45) is 23.7 Å². The summed E-state index contributed by atoms with van der Waals surface area (Å²) in [4.78, 5) is 59.5. The van der Waals surface area contributed by atoms with Gasteiger partial charge in [-0.3, -0.25) is 19.2 Å². The molecule has 0 radical (unpaired) electrons. The number of phenols is 2. The number of hydrogen-bond donors (Lipinski definition) is 3. The summed E-state index contributed by atoms with van der Waals surface area (Å²) in [6.07, 6.45) is 8.49. The number of phenolic OH excluding ortho intramolecular Hbond substituents is 2. The number of hydrogen-bond acceptors (Lipinski definition) is 12. The Morgan fingerprint density at radius 1 is 1.05 bits per heavy atom. The SMILES string of the molecule is CO[C@H]1/C=C/O[C@@]2(C)Oc3c(C)c(O)c4c(=O)c(c5oc6cc(F)cc(O)c6nc-5c4c3C2=O)NC(=O)/C(C)=C\C=C\[C@H](C)C[C@@H](C)C[C@@H](C)[C@H](OC(C)=O)[C@@H]1C. The monoisotopic (exact) mass is 786 g/mol. The van der Waals surface area contributed by atoms with Gasteiger partial charge < -0.3 is 38.9 Å². The van der Waals surface area contributed by atoms with Gasteiger partial charge in [-0.25, -0.2) is 9.37 Å². The summed E-state index contributed by atoms with van der Waals surface area (Å²) in [5.41, 5.74) is -1.99. The first kappa shape index (κ1) is 40.9. The fourth-order valence-corrected chi connectivity index (χ4v) is 8.03. The number of amides is 1. The van der Waals surface area contributed by atoms with E-state index in [-0.39, 0.29) is 79.4 Å². The highest BCUT2D eigenvalue weighted by atomic mass is 19.1. The zero-order valence-corrected chi connectivity index (χ0v) is 33.3. The van der Waals surface area contributed by atoms with Crippen LogP contribution in [0.25, 0.3) is 33.3 Å². The highest BCUT2D eigenvalue weighted by Crippen LogP contribution is 2.50. The van der Waals surface area contributed by atoms with Gasteiger partial charge in [-0.15, -0.1) is 0 Å². The Morgan fingerprint density at radius 3 is 2.46 bits per heavy atom. The molecule has 3 N–H and O–H groups in total. The van der Waals surface area contributed by atoms with Crippen molar-refractivity contribution in [3.63, 3.8) is 0 Å². The third kappa shape index (κ3) is 7.57. The van der Waals surface area contributed by atoms with Gasteiger partial charge in [0.15, 0.2) is 11.3 Å². The topological polar surface area (TPSA) is 184 Å². The average molecular weight is 787 g/mol. The molecule has 0 saturated heterocycles. The fourth-order valence-electron chi connectivity index (χ4n) is 8.03. The number of aromatic nitrogens is 1. The van der Waals surface area contributed by atoms with Crippen LogP contribution in [-0.4, -0.2) is 58.0 Å². The molecule has 0 aromatic heterocycles. The van der Waals surface area contributed by atoms with Crippen molar-refractivity contribution < 1.29 is 52.4 Å². The lowest BCUT2D eigenvalue weighted by molar-refractivity contribution is -0.155. The number of methoxy groups -OCH3 is 1. The number of ketones is 1. The maximum atomic E-state index is 14.5. The number of carbonyl (C=O) groups is 3. The van der Waals surface area contributed by atoms with E-state index in [4.69, 9.17) is 23.4 Å². The molecule has 1 amide bonds. The number of carbonyl (C=O) groups excluding carboxylic acids is 3. The van der Waals surface area contributed by atoms with E-state index in [1.807, 2.05) is 19.9 Å². The first-order valence-electron chi connectivity index (χ1n) is 18.8. The van der Waals surface area contributed by atoms with Gasteiger partial charge in [0.25, 0.3) is 11.7 Å². The quantitative estimate of drug-likeness (QED) is 0.102. The predicted octanol–water partition coefficient (Wildman–Crippen LogP) is 7.85. The molecule has 0 fully saturated rings. The normalized spacial score (nSPS) is 28.1. The Hall–Kier alpha value is -5.76. The molecule has 0 saturated carbocycles. The van der Waals surface area contributed by atoms with Crippen molar-refractivity contribution in [2.45, 2.75) is 86.2 Å². The van der Waals surface area contributed by atoms with Crippen molar-refractivity contribution in [1.29, 1.82) is 0 Å². The summed E-state index contributed by atoms with van der Waals surface area (Å²) in [6, 6.07) is 1.76. The highest BCUT2D eigenvalue weighted by molar-refractivity contribution is 6.22. The molecule has 0 unspecified atom stereocenters. The molecule has 7 atom stereocenters. The van der Waals surface area contributed by atoms with Gasteiger partial charge in [0.2, 0.25) is 5.43 Å². The van der Waals surface area contributed by atoms with E-state index in [0.29, 0.717) is 0 Å². The van der Waals surface area contributed by atoms with Crippen LogP contribution in [0.3, 0.4) is 0 Å². The number of nitrogens with zero attached hydrogens (tertiary/aromatic N) is 1. The number of fused-ring (bicyclic) bond motifs is 2. The number of ether oxygens (including phenoxy) is 4. The van der Waals surface area contributed by atoms with Crippen molar-refractivity contribution >= 4 is 45.2 Å². The molecule has 13 nitrogen and oxygen atoms in total. The number of nitrogens with one attached hydrogen (secondary N) is 1. The van der Waals surface area contributed by atoms with E-state index in [1.54, 1.807) is 25.2 Å². The molecule has 14 heteroatoms. The van der Waals surface area contributed by atoms with E-state index in [2.05, 4.69) is 24.1 Å². The van der Waals surface area contributed by atoms with Crippen LogP contribution in [0.15, 0.2) is 57.5 Å². The predicted molar refractivity (Wildman–Crippen MR) is 210 cm³/mol. The summed E-state index contributed by atoms with van der Waals surface area (Å²) >= 11 is 0. The van der Waals surface area contributed by atoms with E-state index in [0.717, 1.165) is 25.0 Å². The lowest BCUT2D eigenvalue weighted by Gasteiger charge is -2.33. The maximum absolute atomic E-state index is 14.5. The minimum atomic E-state index is -2.04. The molecular formula is C43H47FN2O11. The van der Waals surface area contributed by atoms with Gasteiger partial charge in [-0.1, -0.05) is 45.9 Å². The largest absolute Gasteiger partial charge is 0.507 e. The molecule has 2 aromatic rings. The lowest BCUT2D eigenvalue weighted by Crippen LogP contribution is -2.39. The summed E-state index contributed by atoms with van der Waals surface area (Å²) in [5, 5.41) is 24.3. The molecule has 4 bridgehead atoms. The second kappa shape index (κ2) is 15.6. The summed E-state index contributed by atoms with van der Waals surface area (Å²) in [7, 11) is 1.51.